The molecule has 8 nitrogen and oxygen atoms in total. The van der Waals surface area contributed by atoms with Gasteiger partial charge in [0.05, 0.1) is 17.6 Å². The van der Waals surface area contributed by atoms with Gasteiger partial charge in [-0.05, 0) is 36.8 Å². The highest BCUT2D eigenvalue weighted by Crippen LogP contribution is 2.32. The Morgan fingerprint density at radius 1 is 1.23 bits per heavy atom. The monoisotopic (exact) mass is 413 g/mol. The standard InChI is InChI=1S/C21H20FN3O5/c1-21(12-13-7-9-14(22)10-8-13)20(27)24(2)17(19(26)23-21)11-15-16(25(28)29)5-4-6-18(15)30-3/h4-11H,12H2,1-3H3,(H,23,26)/b17-11+. The van der Waals surface area contributed by atoms with Gasteiger partial charge in [-0.2, -0.15) is 0 Å². The first-order valence-corrected chi connectivity index (χ1v) is 9.04. The molecule has 1 heterocycles. The van der Waals surface area contributed by atoms with Crippen molar-refractivity contribution in [2.45, 2.75) is 18.9 Å². The van der Waals surface area contributed by atoms with Crippen LogP contribution in [-0.4, -0.2) is 41.3 Å². The van der Waals surface area contributed by atoms with E-state index in [-0.39, 0.29) is 29.1 Å². The summed E-state index contributed by atoms with van der Waals surface area (Å²) in [6.07, 6.45) is 1.42. The molecule has 0 aromatic heterocycles. The SMILES string of the molecule is COc1cccc([N+](=O)[O-])c1/C=C1\C(=O)NC(C)(Cc2ccc(F)cc2)C(=O)N1C. The molecular formula is C21H20FN3O5. The average molecular weight is 413 g/mol. The van der Waals surface area contributed by atoms with Crippen LogP contribution in [0, 0.1) is 15.9 Å². The van der Waals surface area contributed by atoms with Gasteiger partial charge in [0.1, 0.15) is 22.8 Å². The maximum absolute atomic E-state index is 13.2. The number of hydrogen-bond donors (Lipinski definition) is 1. The third kappa shape index (κ3) is 3.86. The fourth-order valence-electron chi connectivity index (χ4n) is 3.44. The summed E-state index contributed by atoms with van der Waals surface area (Å²) in [5.74, 6) is -1.18. The lowest BCUT2D eigenvalue weighted by atomic mass is 9.88. The maximum atomic E-state index is 13.2. The summed E-state index contributed by atoms with van der Waals surface area (Å²) in [4.78, 5) is 37.9. The third-order valence-corrected chi connectivity index (χ3v) is 4.97. The summed E-state index contributed by atoms with van der Waals surface area (Å²) in [7, 11) is 2.79. The average Bonchev–Trinajstić information content (AvgIpc) is 2.71. The van der Waals surface area contributed by atoms with Gasteiger partial charge in [-0.25, -0.2) is 4.39 Å². The van der Waals surface area contributed by atoms with Crippen LogP contribution in [0.15, 0.2) is 48.2 Å². The Bertz CT molecular complexity index is 1050. The number of methoxy groups -OCH3 is 1. The lowest BCUT2D eigenvalue weighted by Crippen LogP contribution is -2.64. The number of rotatable bonds is 5. The van der Waals surface area contributed by atoms with Crippen molar-refractivity contribution < 1.29 is 23.6 Å². The molecule has 1 saturated heterocycles. The molecule has 0 radical (unpaired) electrons. The van der Waals surface area contributed by atoms with E-state index in [1.54, 1.807) is 19.1 Å². The molecule has 1 aliphatic heterocycles. The number of carbonyl (C=O) groups excluding carboxylic acids is 2. The summed E-state index contributed by atoms with van der Waals surface area (Å²) in [6.45, 7) is 1.58. The number of benzene rings is 2. The van der Waals surface area contributed by atoms with Crippen LogP contribution >= 0.6 is 0 Å². The van der Waals surface area contributed by atoms with E-state index in [1.807, 2.05) is 0 Å². The predicted octanol–water partition coefficient (Wildman–Crippen LogP) is 2.67. The highest BCUT2D eigenvalue weighted by molar-refractivity contribution is 6.09. The zero-order chi connectivity index (χ0) is 22.1. The van der Waals surface area contributed by atoms with Crippen LogP contribution in [0.1, 0.15) is 18.1 Å². The predicted molar refractivity (Wildman–Crippen MR) is 107 cm³/mol. The Morgan fingerprint density at radius 3 is 2.50 bits per heavy atom. The van der Waals surface area contributed by atoms with E-state index >= 15 is 0 Å². The van der Waals surface area contributed by atoms with Gasteiger partial charge in [0.2, 0.25) is 0 Å². The molecule has 0 aliphatic carbocycles. The molecule has 1 N–H and O–H groups in total. The second kappa shape index (κ2) is 7.94. The van der Waals surface area contributed by atoms with Crippen molar-refractivity contribution in [1.29, 1.82) is 0 Å². The number of piperazine rings is 1. The molecule has 1 fully saturated rings. The van der Waals surface area contributed by atoms with Crippen molar-refractivity contribution in [1.82, 2.24) is 10.2 Å². The first-order valence-electron chi connectivity index (χ1n) is 9.04. The second-order valence-electron chi connectivity index (χ2n) is 7.13. The molecule has 30 heavy (non-hydrogen) atoms. The summed E-state index contributed by atoms with van der Waals surface area (Å²) >= 11 is 0. The Kier molecular flexibility index (Phi) is 5.55. The van der Waals surface area contributed by atoms with Crippen LogP contribution in [0.4, 0.5) is 10.1 Å². The van der Waals surface area contributed by atoms with Crippen LogP contribution < -0.4 is 10.1 Å². The minimum atomic E-state index is -1.26. The van der Waals surface area contributed by atoms with Crippen molar-refractivity contribution in [3.63, 3.8) is 0 Å². The van der Waals surface area contributed by atoms with E-state index < -0.39 is 28.1 Å². The first kappa shape index (κ1) is 21.0. The lowest BCUT2D eigenvalue weighted by molar-refractivity contribution is -0.385. The van der Waals surface area contributed by atoms with Crippen LogP contribution in [0.5, 0.6) is 5.75 Å². The molecule has 2 aromatic rings. The Labute approximate surface area is 172 Å². The summed E-state index contributed by atoms with van der Waals surface area (Å²) in [5, 5.41) is 14.1. The molecule has 0 bridgehead atoms. The molecule has 1 unspecified atom stereocenters. The molecular weight excluding hydrogens is 393 g/mol. The fourth-order valence-corrected chi connectivity index (χ4v) is 3.44. The van der Waals surface area contributed by atoms with Crippen molar-refractivity contribution in [2.24, 2.45) is 0 Å². The lowest BCUT2D eigenvalue weighted by Gasteiger charge is -2.39. The minimum absolute atomic E-state index is 0.0517. The highest BCUT2D eigenvalue weighted by Gasteiger charge is 2.44. The number of amides is 2. The van der Waals surface area contributed by atoms with Gasteiger partial charge in [-0.15, -0.1) is 0 Å². The molecule has 9 heteroatoms. The summed E-state index contributed by atoms with van der Waals surface area (Å²) in [6, 6.07) is 9.94. The molecule has 2 amide bonds. The Balaban J connectivity index is 1.98. The van der Waals surface area contributed by atoms with Crippen molar-refractivity contribution in [2.75, 3.05) is 14.2 Å². The molecule has 156 valence electrons. The highest BCUT2D eigenvalue weighted by atomic mass is 19.1. The molecule has 0 saturated carbocycles. The number of nitro benzene ring substituents is 1. The normalized spacial score (nSPS) is 20.3. The summed E-state index contributed by atoms with van der Waals surface area (Å²) < 4.78 is 18.4. The quantitative estimate of drug-likeness (QED) is 0.461. The number of ether oxygens (including phenoxy) is 1. The maximum Gasteiger partial charge on any atom is 0.280 e. The number of carbonyl (C=O) groups is 2. The van der Waals surface area contributed by atoms with Gasteiger partial charge in [0.15, 0.2) is 0 Å². The van der Waals surface area contributed by atoms with Crippen molar-refractivity contribution in [3.8, 4) is 5.75 Å². The van der Waals surface area contributed by atoms with Gasteiger partial charge in [-0.1, -0.05) is 18.2 Å². The van der Waals surface area contributed by atoms with E-state index in [4.69, 9.17) is 4.74 Å². The van der Waals surface area contributed by atoms with Crippen molar-refractivity contribution in [3.05, 3.63) is 75.2 Å². The van der Waals surface area contributed by atoms with Gasteiger partial charge in [0.25, 0.3) is 17.5 Å². The summed E-state index contributed by atoms with van der Waals surface area (Å²) in [5.41, 5.74) is -0.807. The second-order valence-corrected chi connectivity index (χ2v) is 7.13. The van der Waals surface area contributed by atoms with Crippen LogP contribution in [-0.2, 0) is 16.0 Å². The number of nitrogens with zero attached hydrogens (tertiary/aromatic N) is 2. The molecule has 1 atom stereocenters. The number of nitrogens with one attached hydrogen (secondary N) is 1. The largest absolute Gasteiger partial charge is 0.496 e. The van der Waals surface area contributed by atoms with Gasteiger partial charge in [0, 0.05) is 19.5 Å². The van der Waals surface area contributed by atoms with Gasteiger partial charge in [-0.3, -0.25) is 19.7 Å². The van der Waals surface area contributed by atoms with Crippen LogP contribution in [0.2, 0.25) is 0 Å². The third-order valence-electron chi connectivity index (χ3n) is 4.97. The van der Waals surface area contributed by atoms with E-state index in [9.17, 15) is 24.1 Å². The first-order chi connectivity index (χ1) is 14.2. The number of halogens is 1. The Hall–Kier alpha value is -3.75. The number of likely N-dealkylation sites (N-methyl/N-ethyl adjacent to an activating group) is 1. The van der Waals surface area contributed by atoms with Crippen LogP contribution in [0.25, 0.3) is 6.08 Å². The molecule has 3 rings (SSSR count). The zero-order valence-electron chi connectivity index (χ0n) is 16.6. The van der Waals surface area contributed by atoms with E-state index in [2.05, 4.69) is 5.32 Å². The molecule has 0 spiro atoms. The van der Waals surface area contributed by atoms with E-state index in [0.717, 1.165) is 0 Å². The van der Waals surface area contributed by atoms with Gasteiger partial charge < -0.3 is 15.0 Å². The number of hydrogen-bond acceptors (Lipinski definition) is 5. The fraction of sp³-hybridized carbons (Fsp3) is 0.238. The number of nitro groups is 1. The molecule has 2 aromatic carbocycles. The topological polar surface area (TPSA) is 102 Å². The van der Waals surface area contributed by atoms with E-state index in [1.165, 1.54) is 55.5 Å². The molecule has 1 aliphatic rings. The Morgan fingerprint density at radius 2 is 1.90 bits per heavy atom. The zero-order valence-corrected chi connectivity index (χ0v) is 16.6. The smallest absolute Gasteiger partial charge is 0.280 e. The van der Waals surface area contributed by atoms with Crippen molar-refractivity contribution >= 4 is 23.6 Å². The van der Waals surface area contributed by atoms with E-state index in [0.29, 0.717) is 5.56 Å². The van der Waals surface area contributed by atoms with Crippen LogP contribution in [0.3, 0.4) is 0 Å². The minimum Gasteiger partial charge on any atom is -0.496 e. The van der Waals surface area contributed by atoms with Gasteiger partial charge >= 0.3 is 0 Å².